The third-order valence-electron chi connectivity index (χ3n) is 4.53. The quantitative estimate of drug-likeness (QED) is 0.798. The molecule has 2 fully saturated rings. The maximum Gasteiger partial charge on any atom is 0.225 e. The molecule has 0 saturated carbocycles. The van der Waals surface area contributed by atoms with Crippen LogP contribution in [0.25, 0.3) is 0 Å². The highest BCUT2D eigenvalue weighted by molar-refractivity contribution is 5.79. The molecule has 4 nitrogen and oxygen atoms in total. The molecule has 2 aliphatic rings. The zero-order valence-electron chi connectivity index (χ0n) is 11.8. The summed E-state index contributed by atoms with van der Waals surface area (Å²) in [5, 5.41) is 6.62. The molecule has 1 amide bonds. The SMILES string of the molecule is CC1OCCC1C(=O)NCC1NCCCC1(C)C. The Labute approximate surface area is 110 Å². The van der Waals surface area contributed by atoms with Gasteiger partial charge in [0.2, 0.25) is 5.91 Å². The van der Waals surface area contributed by atoms with Gasteiger partial charge in [0.25, 0.3) is 0 Å². The summed E-state index contributed by atoms with van der Waals surface area (Å²) in [6.45, 7) is 9.04. The number of carbonyl (C=O) groups excluding carboxylic acids is 1. The van der Waals surface area contributed by atoms with Gasteiger partial charge < -0.3 is 15.4 Å². The van der Waals surface area contributed by atoms with Crippen LogP contribution in [0.1, 0.15) is 40.0 Å². The Morgan fingerprint density at radius 2 is 2.28 bits per heavy atom. The average Bonchev–Trinajstić information content (AvgIpc) is 2.73. The van der Waals surface area contributed by atoms with Gasteiger partial charge in [-0.2, -0.15) is 0 Å². The molecule has 2 rings (SSSR count). The van der Waals surface area contributed by atoms with Crippen LogP contribution in [0.3, 0.4) is 0 Å². The van der Waals surface area contributed by atoms with Crippen molar-refractivity contribution in [1.29, 1.82) is 0 Å². The number of piperidine rings is 1. The number of ether oxygens (including phenoxy) is 1. The molecule has 0 bridgehead atoms. The number of nitrogens with one attached hydrogen (secondary N) is 2. The summed E-state index contributed by atoms with van der Waals surface area (Å²) in [5.41, 5.74) is 0.267. The van der Waals surface area contributed by atoms with Crippen molar-refractivity contribution >= 4 is 5.91 Å². The molecule has 2 N–H and O–H groups in total. The fourth-order valence-electron chi connectivity index (χ4n) is 3.03. The van der Waals surface area contributed by atoms with Gasteiger partial charge >= 0.3 is 0 Å². The molecule has 18 heavy (non-hydrogen) atoms. The molecule has 2 heterocycles. The number of hydrogen-bond acceptors (Lipinski definition) is 3. The van der Waals surface area contributed by atoms with Crippen molar-refractivity contribution in [2.24, 2.45) is 11.3 Å². The van der Waals surface area contributed by atoms with E-state index in [-0.39, 0.29) is 23.3 Å². The molecule has 4 heteroatoms. The van der Waals surface area contributed by atoms with E-state index < -0.39 is 0 Å². The Balaban J connectivity index is 1.81. The summed E-state index contributed by atoms with van der Waals surface area (Å²) in [7, 11) is 0. The van der Waals surface area contributed by atoms with Crippen molar-refractivity contribution in [3.05, 3.63) is 0 Å². The lowest BCUT2D eigenvalue weighted by Crippen LogP contribution is -2.53. The van der Waals surface area contributed by atoms with Crippen molar-refractivity contribution in [2.75, 3.05) is 19.7 Å². The molecule has 3 unspecified atom stereocenters. The van der Waals surface area contributed by atoms with E-state index in [1.807, 2.05) is 6.92 Å². The summed E-state index contributed by atoms with van der Waals surface area (Å²) < 4.78 is 5.44. The summed E-state index contributed by atoms with van der Waals surface area (Å²) in [6, 6.07) is 0.382. The van der Waals surface area contributed by atoms with Crippen LogP contribution in [0.5, 0.6) is 0 Å². The summed E-state index contributed by atoms with van der Waals surface area (Å²) in [6.07, 6.45) is 3.38. The summed E-state index contributed by atoms with van der Waals surface area (Å²) >= 11 is 0. The van der Waals surface area contributed by atoms with E-state index in [0.29, 0.717) is 12.6 Å². The molecule has 0 radical (unpaired) electrons. The number of rotatable bonds is 3. The molecule has 0 aromatic heterocycles. The summed E-state index contributed by atoms with van der Waals surface area (Å²) in [4.78, 5) is 12.1. The van der Waals surface area contributed by atoms with Crippen LogP contribution in [-0.2, 0) is 9.53 Å². The molecular formula is C14H26N2O2. The van der Waals surface area contributed by atoms with E-state index in [0.717, 1.165) is 19.5 Å². The van der Waals surface area contributed by atoms with Gasteiger partial charge in [0.1, 0.15) is 0 Å². The van der Waals surface area contributed by atoms with E-state index >= 15 is 0 Å². The van der Waals surface area contributed by atoms with Crippen LogP contribution < -0.4 is 10.6 Å². The normalized spacial score (nSPS) is 35.4. The zero-order chi connectivity index (χ0) is 13.2. The maximum absolute atomic E-state index is 12.1. The highest BCUT2D eigenvalue weighted by Crippen LogP contribution is 2.29. The number of carbonyl (C=O) groups is 1. The highest BCUT2D eigenvalue weighted by atomic mass is 16.5. The molecule has 0 aromatic carbocycles. The fraction of sp³-hybridized carbons (Fsp3) is 0.929. The Hall–Kier alpha value is -0.610. The van der Waals surface area contributed by atoms with Crippen LogP contribution in [0.2, 0.25) is 0 Å². The second kappa shape index (κ2) is 5.57. The second-order valence-corrected chi connectivity index (χ2v) is 6.32. The first kappa shape index (κ1) is 13.8. The lowest BCUT2D eigenvalue weighted by Gasteiger charge is -2.39. The van der Waals surface area contributed by atoms with Gasteiger partial charge in [-0.3, -0.25) is 4.79 Å². The lowest BCUT2D eigenvalue weighted by molar-refractivity contribution is -0.126. The fourth-order valence-corrected chi connectivity index (χ4v) is 3.03. The molecule has 3 atom stereocenters. The Morgan fingerprint density at radius 3 is 2.89 bits per heavy atom. The van der Waals surface area contributed by atoms with Crippen molar-refractivity contribution in [3.63, 3.8) is 0 Å². The van der Waals surface area contributed by atoms with Gasteiger partial charge in [-0.25, -0.2) is 0 Å². The van der Waals surface area contributed by atoms with Crippen LogP contribution in [0.4, 0.5) is 0 Å². The average molecular weight is 254 g/mol. The van der Waals surface area contributed by atoms with E-state index in [1.54, 1.807) is 0 Å². The molecule has 2 aliphatic heterocycles. The zero-order valence-corrected chi connectivity index (χ0v) is 11.8. The molecular weight excluding hydrogens is 228 g/mol. The van der Waals surface area contributed by atoms with E-state index in [4.69, 9.17) is 4.74 Å². The molecule has 0 aliphatic carbocycles. The number of hydrogen-bond donors (Lipinski definition) is 2. The third-order valence-corrected chi connectivity index (χ3v) is 4.53. The largest absolute Gasteiger partial charge is 0.378 e. The monoisotopic (exact) mass is 254 g/mol. The Morgan fingerprint density at radius 1 is 1.50 bits per heavy atom. The van der Waals surface area contributed by atoms with E-state index in [1.165, 1.54) is 12.8 Å². The van der Waals surface area contributed by atoms with Crippen molar-refractivity contribution in [2.45, 2.75) is 52.2 Å². The van der Waals surface area contributed by atoms with Crippen LogP contribution in [0.15, 0.2) is 0 Å². The highest BCUT2D eigenvalue weighted by Gasteiger charge is 2.34. The minimum atomic E-state index is 0.0386. The van der Waals surface area contributed by atoms with Crippen molar-refractivity contribution < 1.29 is 9.53 Å². The first-order chi connectivity index (χ1) is 8.50. The van der Waals surface area contributed by atoms with Crippen molar-refractivity contribution in [3.8, 4) is 0 Å². The molecule has 104 valence electrons. The minimum absolute atomic E-state index is 0.0386. The van der Waals surface area contributed by atoms with E-state index in [2.05, 4.69) is 24.5 Å². The summed E-state index contributed by atoms with van der Waals surface area (Å²) in [5.74, 6) is 0.194. The van der Waals surface area contributed by atoms with Gasteiger partial charge in [-0.15, -0.1) is 0 Å². The first-order valence-electron chi connectivity index (χ1n) is 7.13. The van der Waals surface area contributed by atoms with Gasteiger partial charge in [0.15, 0.2) is 0 Å². The molecule has 0 spiro atoms. The molecule has 0 aromatic rings. The standard InChI is InChI=1S/C14H26N2O2/c1-10-11(5-8-18-10)13(17)16-9-12-14(2,3)6-4-7-15-12/h10-12,15H,4-9H2,1-3H3,(H,16,17). The molecule has 2 saturated heterocycles. The predicted molar refractivity (Wildman–Crippen MR) is 71.3 cm³/mol. The van der Waals surface area contributed by atoms with Crippen LogP contribution in [0, 0.1) is 11.3 Å². The van der Waals surface area contributed by atoms with Gasteiger partial charge in [0, 0.05) is 19.2 Å². The Bertz CT molecular complexity index is 304. The smallest absolute Gasteiger partial charge is 0.225 e. The minimum Gasteiger partial charge on any atom is -0.378 e. The van der Waals surface area contributed by atoms with Gasteiger partial charge in [-0.1, -0.05) is 13.8 Å². The third kappa shape index (κ3) is 3.04. The number of amides is 1. The first-order valence-corrected chi connectivity index (χ1v) is 7.13. The lowest BCUT2D eigenvalue weighted by atomic mass is 9.77. The van der Waals surface area contributed by atoms with Crippen molar-refractivity contribution in [1.82, 2.24) is 10.6 Å². The Kier molecular flexibility index (Phi) is 4.28. The maximum atomic E-state index is 12.1. The van der Waals surface area contributed by atoms with Gasteiger partial charge in [0.05, 0.1) is 12.0 Å². The predicted octanol–water partition coefficient (Wildman–Crippen LogP) is 1.31. The van der Waals surface area contributed by atoms with E-state index in [9.17, 15) is 4.79 Å². The topological polar surface area (TPSA) is 50.4 Å². The van der Waals surface area contributed by atoms with Crippen LogP contribution in [-0.4, -0.2) is 37.7 Å². The van der Waals surface area contributed by atoms with Crippen LogP contribution >= 0.6 is 0 Å². The second-order valence-electron chi connectivity index (χ2n) is 6.32. The van der Waals surface area contributed by atoms with Gasteiger partial charge in [-0.05, 0) is 38.1 Å².